The Labute approximate surface area is 133 Å². The predicted molar refractivity (Wildman–Crippen MR) is 74.2 cm³/mol. The summed E-state index contributed by atoms with van der Waals surface area (Å²) >= 11 is 9.45. The van der Waals surface area contributed by atoms with E-state index in [0.717, 1.165) is 12.8 Å². The Morgan fingerprint density at radius 3 is 1.62 bits per heavy atom. The third-order valence-electron chi connectivity index (χ3n) is 2.00. The molecule has 0 saturated heterocycles. The van der Waals surface area contributed by atoms with Gasteiger partial charge in [-0.3, -0.25) is 0 Å². The van der Waals surface area contributed by atoms with E-state index >= 15 is 0 Å². The molecule has 0 bridgehead atoms. The van der Waals surface area contributed by atoms with E-state index in [0.29, 0.717) is 13.2 Å². The van der Waals surface area contributed by atoms with Crippen molar-refractivity contribution >= 4 is 29.7 Å². The van der Waals surface area contributed by atoms with Gasteiger partial charge in [0, 0.05) is 0 Å². The second kappa shape index (κ2) is 13.4. The Kier molecular flexibility index (Phi) is 16.9. The van der Waals surface area contributed by atoms with Gasteiger partial charge in [-0.15, -0.1) is 0 Å². The maximum Gasteiger partial charge on any atom is 1.00 e. The van der Waals surface area contributed by atoms with Crippen LogP contribution in [0.15, 0.2) is 0 Å². The van der Waals surface area contributed by atoms with Gasteiger partial charge in [-0.2, -0.15) is 0 Å². The van der Waals surface area contributed by atoms with Crippen molar-refractivity contribution in [3.8, 4) is 0 Å². The van der Waals surface area contributed by atoms with Gasteiger partial charge in [0.15, 0.2) is 0 Å². The molecular formula is C10H23NaO2PS2+. The molecule has 0 aliphatic rings. The summed E-state index contributed by atoms with van der Waals surface area (Å²) in [6.07, 6.45) is 6.84. The number of unbranched alkanes of at least 4 members (excludes halogenated alkanes) is 4. The Balaban J connectivity index is 0. The van der Waals surface area contributed by atoms with E-state index in [4.69, 9.17) is 20.9 Å². The molecule has 0 amide bonds. The zero-order chi connectivity index (χ0) is 11.6. The molecule has 0 heterocycles. The van der Waals surface area contributed by atoms with E-state index in [1.54, 1.807) is 0 Å². The fourth-order valence-electron chi connectivity index (χ4n) is 1.10. The number of hydrogen-bond acceptors (Lipinski definition) is 3. The molecule has 6 heteroatoms. The second-order valence-corrected chi connectivity index (χ2v) is 8.84. The van der Waals surface area contributed by atoms with Gasteiger partial charge < -0.3 is 9.05 Å². The molecule has 0 fully saturated rings. The van der Waals surface area contributed by atoms with E-state index in [1.807, 2.05) is 0 Å². The maximum absolute atomic E-state index is 5.48. The molecule has 0 saturated carbocycles. The first kappa shape index (κ1) is 20.2. The van der Waals surface area contributed by atoms with Crippen molar-refractivity contribution in [2.75, 3.05) is 13.2 Å². The molecule has 0 N–H and O–H groups in total. The number of thiol groups is 1. The first-order valence-electron chi connectivity index (χ1n) is 5.74. The van der Waals surface area contributed by atoms with E-state index in [9.17, 15) is 0 Å². The van der Waals surface area contributed by atoms with Crippen LogP contribution in [0.3, 0.4) is 0 Å². The van der Waals surface area contributed by atoms with Crippen LogP contribution < -0.4 is 29.6 Å². The van der Waals surface area contributed by atoms with Gasteiger partial charge in [0.25, 0.3) is 0 Å². The predicted octanol–water partition coefficient (Wildman–Crippen LogP) is 1.56. The van der Waals surface area contributed by atoms with Gasteiger partial charge >= 0.3 is 29.6 Å². The molecule has 0 aliphatic heterocycles. The van der Waals surface area contributed by atoms with Crippen LogP contribution in [0.25, 0.3) is 0 Å². The Morgan fingerprint density at radius 1 is 0.938 bits per heavy atom. The summed E-state index contributed by atoms with van der Waals surface area (Å²) in [6.45, 7) is 5.70. The summed E-state index contributed by atoms with van der Waals surface area (Å²) in [5.74, 6) is 0. The minimum Gasteiger partial charge on any atom is -0.322 e. The molecule has 0 spiro atoms. The molecule has 0 aromatic carbocycles. The molecular weight excluding hydrogens is 270 g/mol. The van der Waals surface area contributed by atoms with Gasteiger partial charge in [0.05, 0.1) is 13.2 Å². The summed E-state index contributed by atoms with van der Waals surface area (Å²) < 4.78 is 11.0. The maximum atomic E-state index is 5.48. The fraction of sp³-hybridized carbons (Fsp3) is 1.00. The third-order valence-corrected chi connectivity index (χ3v) is 4.35. The largest absolute Gasteiger partial charge is 1.00 e. The Hall–Kier alpha value is 1.92. The first-order valence-corrected chi connectivity index (χ1v) is 9.53. The van der Waals surface area contributed by atoms with Crippen molar-refractivity contribution in [1.29, 1.82) is 0 Å². The van der Waals surface area contributed by atoms with Crippen molar-refractivity contribution in [1.82, 2.24) is 0 Å². The molecule has 2 nitrogen and oxygen atoms in total. The standard InChI is InChI=1S/C10H23O2PS2.Na/c1-3-5-7-9-11-13(14,15)12-10-8-6-4-2;/h3-10H2,1-2H3,(H,14,15);/q;+1. The molecule has 0 atom stereocenters. The number of hydrogen-bond donors (Lipinski definition) is 1. The summed E-state index contributed by atoms with van der Waals surface area (Å²) in [6, 6.07) is 0. The van der Waals surface area contributed by atoms with Gasteiger partial charge in [0.1, 0.15) is 0 Å². The van der Waals surface area contributed by atoms with Gasteiger partial charge in [-0.1, -0.05) is 51.8 Å². The zero-order valence-corrected chi connectivity index (χ0v) is 15.4. The van der Waals surface area contributed by atoms with Gasteiger partial charge in [-0.05, 0) is 24.6 Å². The molecule has 16 heavy (non-hydrogen) atoms. The summed E-state index contributed by atoms with van der Waals surface area (Å²) in [5, 5.41) is 0. The molecule has 0 rings (SSSR count). The van der Waals surface area contributed by atoms with Crippen LogP contribution in [0.5, 0.6) is 0 Å². The van der Waals surface area contributed by atoms with Crippen LogP contribution in [0, 0.1) is 0 Å². The van der Waals surface area contributed by atoms with Gasteiger partial charge in [0.2, 0.25) is 5.69 Å². The molecule has 0 unspecified atom stereocenters. The smallest absolute Gasteiger partial charge is 0.322 e. The SMILES string of the molecule is CCCCCOP(=S)(S)OCCCCC.[Na+]. The molecule has 0 radical (unpaired) electrons. The Morgan fingerprint density at radius 2 is 1.31 bits per heavy atom. The minimum absolute atomic E-state index is 0. The normalized spacial score (nSPS) is 11.2. The summed E-state index contributed by atoms with van der Waals surface area (Å²) in [7, 11) is 0. The van der Waals surface area contributed by atoms with E-state index < -0.39 is 5.69 Å². The van der Waals surface area contributed by atoms with E-state index in [1.165, 1.54) is 25.7 Å². The van der Waals surface area contributed by atoms with Crippen molar-refractivity contribution in [3.05, 3.63) is 0 Å². The van der Waals surface area contributed by atoms with Crippen LogP contribution in [-0.4, -0.2) is 13.2 Å². The molecule has 92 valence electrons. The zero-order valence-electron chi connectivity index (χ0n) is 10.8. The van der Waals surface area contributed by atoms with E-state index in [2.05, 4.69) is 26.1 Å². The molecule has 0 aliphatic carbocycles. The molecule has 0 aromatic rings. The van der Waals surface area contributed by atoms with Crippen molar-refractivity contribution in [2.45, 2.75) is 52.4 Å². The van der Waals surface area contributed by atoms with Crippen LogP contribution in [0.1, 0.15) is 52.4 Å². The van der Waals surface area contributed by atoms with Crippen LogP contribution in [0.4, 0.5) is 0 Å². The van der Waals surface area contributed by atoms with Crippen LogP contribution in [-0.2, 0) is 20.9 Å². The topological polar surface area (TPSA) is 18.5 Å². The van der Waals surface area contributed by atoms with E-state index in [-0.39, 0.29) is 29.6 Å². The Bertz CT molecular complexity index is 178. The van der Waals surface area contributed by atoms with Crippen molar-refractivity contribution < 1.29 is 38.6 Å². The minimum atomic E-state index is -2.25. The van der Waals surface area contributed by atoms with Crippen LogP contribution >= 0.6 is 17.9 Å². The summed E-state index contributed by atoms with van der Waals surface area (Å²) in [4.78, 5) is 0. The van der Waals surface area contributed by atoms with Crippen molar-refractivity contribution in [2.24, 2.45) is 0 Å². The summed E-state index contributed by atoms with van der Waals surface area (Å²) in [5.41, 5.74) is -2.25. The monoisotopic (exact) mass is 293 g/mol. The number of rotatable bonds is 10. The van der Waals surface area contributed by atoms with Crippen LogP contribution in [0.2, 0.25) is 0 Å². The average molecular weight is 293 g/mol. The average Bonchev–Trinajstić information content (AvgIpc) is 2.20. The third kappa shape index (κ3) is 14.0. The molecule has 0 aromatic heterocycles. The second-order valence-electron chi connectivity index (χ2n) is 3.55. The van der Waals surface area contributed by atoms with Crippen molar-refractivity contribution in [3.63, 3.8) is 0 Å². The van der Waals surface area contributed by atoms with Gasteiger partial charge in [-0.25, -0.2) is 0 Å². The fourth-order valence-corrected chi connectivity index (χ4v) is 2.83. The first-order chi connectivity index (χ1) is 7.12. The quantitative estimate of drug-likeness (QED) is 0.285.